The second-order valence-electron chi connectivity index (χ2n) is 7.37. The highest BCUT2D eigenvalue weighted by atomic mass is 32.2. The van der Waals surface area contributed by atoms with Crippen molar-refractivity contribution < 1.29 is 9.53 Å². The number of thioether (sulfide) groups is 1. The van der Waals surface area contributed by atoms with Crippen molar-refractivity contribution in [3.8, 4) is 5.75 Å². The highest BCUT2D eigenvalue weighted by molar-refractivity contribution is 7.99. The van der Waals surface area contributed by atoms with Crippen LogP contribution in [0.15, 0.2) is 47.4 Å². The summed E-state index contributed by atoms with van der Waals surface area (Å²) < 4.78 is 6.56. The number of benzene rings is 2. The summed E-state index contributed by atoms with van der Waals surface area (Å²) in [5.41, 5.74) is 1.98. The molecule has 1 heterocycles. The third-order valence-electron chi connectivity index (χ3n) is 4.76. The second-order valence-corrected chi connectivity index (χ2v) is 9.52. The van der Waals surface area contributed by atoms with Crippen molar-refractivity contribution in [2.24, 2.45) is 0 Å². The molecule has 160 valence electrons. The minimum Gasteiger partial charge on any atom is -0.494 e. The van der Waals surface area contributed by atoms with Gasteiger partial charge in [-0.15, -0.1) is 11.8 Å². The van der Waals surface area contributed by atoms with E-state index in [0.29, 0.717) is 13.0 Å². The first kappa shape index (κ1) is 22.6. The van der Waals surface area contributed by atoms with E-state index in [-0.39, 0.29) is 5.91 Å². The standard InChI is InChI=1S/C23H29N3O2S2/c1-17-12-13-19(28-4)21-22(17)30-23(24-21)26(15-14-25(2)3)20(27)11-8-16-29-18-9-6-5-7-10-18/h5-7,9-10,12-13H,8,11,14-16H2,1-4H3. The predicted octanol–water partition coefficient (Wildman–Crippen LogP) is 5.08. The van der Waals surface area contributed by atoms with Crippen LogP contribution in [0.5, 0.6) is 5.75 Å². The van der Waals surface area contributed by atoms with Gasteiger partial charge in [0.15, 0.2) is 5.13 Å². The maximum absolute atomic E-state index is 13.1. The molecule has 3 aromatic rings. The predicted molar refractivity (Wildman–Crippen MR) is 128 cm³/mol. The molecule has 0 fully saturated rings. The number of ether oxygens (including phenoxy) is 1. The number of rotatable bonds is 10. The highest BCUT2D eigenvalue weighted by Crippen LogP contribution is 2.36. The van der Waals surface area contributed by atoms with Crippen molar-refractivity contribution in [1.29, 1.82) is 0 Å². The van der Waals surface area contributed by atoms with E-state index in [9.17, 15) is 4.79 Å². The molecule has 0 atom stereocenters. The van der Waals surface area contributed by atoms with E-state index < -0.39 is 0 Å². The molecule has 0 bridgehead atoms. The van der Waals surface area contributed by atoms with Crippen molar-refractivity contribution in [2.45, 2.75) is 24.7 Å². The molecule has 7 heteroatoms. The fourth-order valence-corrected chi connectivity index (χ4v) is 5.04. The molecule has 0 N–H and O–H groups in total. The summed E-state index contributed by atoms with van der Waals surface area (Å²) in [5, 5.41) is 0.750. The minimum atomic E-state index is 0.126. The summed E-state index contributed by atoms with van der Waals surface area (Å²) in [6.45, 7) is 3.48. The number of methoxy groups -OCH3 is 1. The third kappa shape index (κ3) is 5.74. The molecule has 0 radical (unpaired) electrons. The molecule has 2 aromatic carbocycles. The van der Waals surface area contributed by atoms with Crippen LogP contribution in [0.4, 0.5) is 5.13 Å². The summed E-state index contributed by atoms with van der Waals surface area (Å²) in [4.78, 5) is 23.1. The van der Waals surface area contributed by atoms with Crippen LogP contribution in [-0.4, -0.2) is 55.8 Å². The van der Waals surface area contributed by atoms with Crippen LogP contribution in [0.25, 0.3) is 10.2 Å². The van der Waals surface area contributed by atoms with Crippen LogP contribution < -0.4 is 9.64 Å². The molecule has 0 spiro atoms. The maximum atomic E-state index is 13.1. The molecule has 0 unspecified atom stereocenters. The number of carbonyl (C=O) groups is 1. The average molecular weight is 444 g/mol. The summed E-state index contributed by atoms with van der Waals surface area (Å²) in [5.74, 6) is 1.79. The van der Waals surface area contributed by atoms with Crippen molar-refractivity contribution >= 4 is 44.4 Å². The summed E-state index contributed by atoms with van der Waals surface area (Å²) >= 11 is 3.36. The summed E-state index contributed by atoms with van der Waals surface area (Å²) in [6.07, 6.45) is 1.35. The molecule has 0 saturated heterocycles. The van der Waals surface area contributed by atoms with E-state index in [0.717, 1.165) is 45.4 Å². The Morgan fingerprint density at radius 3 is 2.60 bits per heavy atom. The lowest BCUT2D eigenvalue weighted by atomic mass is 10.2. The molecule has 0 aliphatic rings. The Kier molecular flexibility index (Phi) is 8.13. The molecule has 30 heavy (non-hydrogen) atoms. The van der Waals surface area contributed by atoms with Crippen molar-refractivity contribution in [3.05, 3.63) is 48.0 Å². The normalized spacial score (nSPS) is 11.2. The van der Waals surface area contributed by atoms with Gasteiger partial charge in [-0.05, 0) is 57.0 Å². The van der Waals surface area contributed by atoms with Crippen LogP contribution in [0.3, 0.4) is 0 Å². The Balaban J connectivity index is 1.72. The SMILES string of the molecule is COc1ccc(C)c2sc(N(CCN(C)C)C(=O)CCCSc3ccccc3)nc12. The number of nitrogens with zero attached hydrogens (tertiary/aromatic N) is 3. The monoisotopic (exact) mass is 443 g/mol. The van der Waals surface area contributed by atoms with Crippen LogP contribution in [0.2, 0.25) is 0 Å². The van der Waals surface area contributed by atoms with Crippen LogP contribution in [0, 0.1) is 6.92 Å². The van der Waals surface area contributed by atoms with Gasteiger partial charge in [0.05, 0.1) is 11.8 Å². The van der Waals surface area contributed by atoms with E-state index in [1.165, 1.54) is 4.90 Å². The van der Waals surface area contributed by atoms with Crippen LogP contribution in [0.1, 0.15) is 18.4 Å². The minimum absolute atomic E-state index is 0.126. The van der Waals surface area contributed by atoms with Gasteiger partial charge < -0.3 is 9.64 Å². The van der Waals surface area contributed by atoms with E-state index >= 15 is 0 Å². The summed E-state index contributed by atoms with van der Waals surface area (Å²) in [6, 6.07) is 14.3. The zero-order valence-corrected chi connectivity index (χ0v) is 19.7. The number of hydrogen-bond donors (Lipinski definition) is 0. The molecule has 0 aliphatic carbocycles. The van der Waals surface area contributed by atoms with Crippen LogP contribution >= 0.6 is 23.1 Å². The van der Waals surface area contributed by atoms with Gasteiger partial charge in [-0.25, -0.2) is 4.98 Å². The Labute approximate surface area is 187 Å². The number of anilines is 1. The first-order chi connectivity index (χ1) is 14.5. The lowest BCUT2D eigenvalue weighted by Gasteiger charge is -2.22. The number of amides is 1. The Bertz CT molecular complexity index is 973. The average Bonchev–Trinajstić information content (AvgIpc) is 3.18. The van der Waals surface area contributed by atoms with Gasteiger partial charge in [0.2, 0.25) is 5.91 Å². The molecule has 1 aromatic heterocycles. The number of hydrogen-bond acceptors (Lipinski definition) is 6. The van der Waals surface area contributed by atoms with E-state index in [2.05, 4.69) is 24.0 Å². The van der Waals surface area contributed by atoms with Gasteiger partial charge in [0.1, 0.15) is 11.3 Å². The fraction of sp³-hybridized carbons (Fsp3) is 0.391. The third-order valence-corrected chi connectivity index (χ3v) is 7.07. The molecule has 0 aliphatic heterocycles. The molecule has 0 saturated carbocycles. The lowest BCUT2D eigenvalue weighted by molar-refractivity contribution is -0.118. The molecule has 5 nitrogen and oxygen atoms in total. The van der Waals surface area contributed by atoms with Gasteiger partial charge >= 0.3 is 0 Å². The summed E-state index contributed by atoms with van der Waals surface area (Å²) in [7, 11) is 5.69. The first-order valence-corrected chi connectivity index (χ1v) is 11.9. The smallest absolute Gasteiger partial charge is 0.228 e. The van der Waals surface area contributed by atoms with E-state index in [4.69, 9.17) is 9.72 Å². The molecular weight excluding hydrogens is 414 g/mol. The quantitative estimate of drug-likeness (QED) is 0.323. The Morgan fingerprint density at radius 2 is 1.90 bits per heavy atom. The Morgan fingerprint density at radius 1 is 1.13 bits per heavy atom. The number of thiazole rings is 1. The largest absolute Gasteiger partial charge is 0.494 e. The van der Waals surface area contributed by atoms with Gasteiger partial charge in [-0.3, -0.25) is 9.69 Å². The number of fused-ring (bicyclic) bond motifs is 1. The van der Waals surface area contributed by atoms with E-state index in [1.54, 1.807) is 30.2 Å². The highest BCUT2D eigenvalue weighted by Gasteiger charge is 2.21. The zero-order valence-electron chi connectivity index (χ0n) is 18.1. The van der Waals surface area contributed by atoms with Crippen LogP contribution in [-0.2, 0) is 4.79 Å². The van der Waals surface area contributed by atoms with Crippen molar-refractivity contribution in [1.82, 2.24) is 9.88 Å². The molecule has 1 amide bonds. The zero-order chi connectivity index (χ0) is 21.5. The number of carbonyl (C=O) groups excluding carboxylic acids is 1. The fourth-order valence-electron chi connectivity index (χ4n) is 3.07. The van der Waals surface area contributed by atoms with Gasteiger partial charge in [-0.1, -0.05) is 35.6 Å². The topological polar surface area (TPSA) is 45.7 Å². The Hall–Kier alpha value is -2.09. The van der Waals surface area contributed by atoms with Gasteiger partial charge in [0.25, 0.3) is 0 Å². The maximum Gasteiger partial charge on any atom is 0.228 e. The lowest BCUT2D eigenvalue weighted by Crippen LogP contribution is -2.36. The van der Waals surface area contributed by atoms with E-state index in [1.807, 2.05) is 49.3 Å². The van der Waals surface area contributed by atoms with Crippen molar-refractivity contribution in [3.63, 3.8) is 0 Å². The molecular formula is C23H29N3O2S2. The molecule has 3 rings (SSSR count). The van der Waals surface area contributed by atoms with Gasteiger partial charge in [0, 0.05) is 24.4 Å². The van der Waals surface area contributed by atoms with Gasteiger partial charge in [-0.2, -0.15) is 0 Å². The second kappa shape index (κ2) is 10.8. The number of aryl methyl sites for hydroxylation is 1. The van der Waals surface area contributed by atoms with Crippen molar-refractivity contribution in [2.75, 3.05) is 44.9 Å². The number of likely N-dealkylation sites (N-methyl/N-ethyl adjacent to an activating group) is 1. The number of aromatic nitrogens is 1. The first-order valence-electron chi connectivity index (χ1n) is 10.1.